The molecule has 1 aromatic carbocycles. The van der Waals surface area contributed by atoms with Crippen LogP contribution in [0.4, 0.5) is 5.69 Å². The number of pyridine rings is 1. The molecule has 1 amide bonds. The smallest absolute Gasteiger partial charge is 0.253 e. The number of amides is 1. The van der Waals surface area contributed by atoms with Crippen molar-refractivity contribution in [2.24, 2.45) is 5.92 Å². The molecule has 1 heterocycles. The van der Waals surface area contributed by atoms with E-state index in [9.17, 15) is 9.59 Å². The fraction of sp³-hybridized carbons (Fsp3) is 0.429. The van der Waals surface area contributed by atoms with E-state index in [1.165, 1.54) is 25.7 Å². The molecule has 1 aliphatic rings. The number of hydrogen-bond acceptors (Lipinski definition) is 3. The molecule has 3 rings (SSSR count). The Balaban J connectivity index is 1.68. The van der Waals surface area contributed by atoms with Gasteiger partial charge in [-0.3, -0.25) is 9.59 Å². The third-order valence-corrected chi connectivity index (χ3v) is 6.07. The minimum absolute atomic E-state index is 0.154. The molecule has 0 bridgehead atoms. The monoisotopic (exact) mass is 431 g/mol. The van der Waals surface area contributed by atoms with Gasteiger partial charge in [-0.15, -0.1) is 0 Å². The number of nitrogens with one attached hydrogen (secondary N) is 3. The van der Waals surface area contributed by atoms with Gasteiger partial charge in [-0.1, -0.05) is 18.9 Å². The standard InChI is InChI=1S/C21H26BrN3O2/c1-13-10-14(2)25-21(27)17(13)12-24-20(26)16-8-5-9-18(19(16)22)23-11-15-6-3-4-7-15/h5,8-10,15,23H,3-4,6-7,11-12H2,1-2H3,(H,24,26)(H,25,27). The minimum Gasteiger partial charge on any atom is -0.384 e. The summed E-state index contributed by atoms with van der Waals surface area (Å²) in [5, 5.41) is 6.33. The van der Waals surface area contributed by atoms with Gasteiger partial charge in [0.1, 0.15) is 0 Å². The van der Waals surface area contributed by atoms with Crippen LogP contribution in [0.2, 0.25) is 0 Å². The first-order valence-electron chi connectivity index (χ1n) is 9.45. The van der Waals surface area contributed by atoms with Crippen molar-refractivity contribution in [2.45, 2.75) is 46.1 Å². The van der Waals surface area contributed by atoms with Crippen LogP contribution >= 0.6 is 15.9 Å². The lowest BCUT2D eigenvalue weighted by Crippen LogP contribution is -2.28. The molecule has 0 spiro atoms. The Hall–Kier alpha value is -2.08. The molecule has 2 aromatic rings. The minimum atomic E-state index is -0.203. The number of hydrogen-bond donors (Lipinski definition) is 3. The van der Waals surface area contributed by atoms with Crippen molar-refractivity contribution in [3.05, 3.63) is 61.5 Å². The number of carbonyl (C=O) groups is 1. The van der Waals surface area contributed by atoms with Gasteiger partial charge in [0.15, 0.2) is 0 Å². The summed E-state index contributed by atoms with van der Waals surface area (Å²) in [5.74, 6) is 0.511. The lowest BCUT2D eigenvalue weighted by atomic mass is 10.1. The molecule has 1 saturated carbocycles. The van der Waals surface area contributed by atoms with Crippen molar-refractivity contribution in [1.82, 2.24) is 10.3 Å². The molecule has 0 aliphatic heterocycles. The van der Waals surface area contributed by atoms with Crippen molar-refractivity contribution >= 4 is 27.5 Å². The number of aromatic amines is 1. The highest BCUT2D eigenvalue weighted by Gasteiger charge is 2.17. The molecule has 1 fully saturated rings. The van der Waals surface area contributed by atoms with E-state index in [-0.39, 0.29) is 18.0 Å². The maximum Gasteiger partial charge on any atom is 0.253 e. The van der Waals surface area contributed by atoms with E-state index in [1.807, 2.05) is 32.0 Å². The van der Waals surface area contributed by atoms with E-state index in [4.69, 9.17) is 0 Å². The number of H-pyrrole nitrogens is 1. The van der Waals surface area contributed by atoms with E-state index in [2.05, 4.69) is 31.5 Å². The van der Waals surface area contributed by atoms with Crippen LogP contribution < -0.4 is 16.2 Å². The Morgan fingerprint density at radius 2 is 2.00 bits per heavy atom. The lowest BCUT2D eigenvalue weighted by Gasteiger charge is -2.15. The van der Waals surface area contributed by atoms with Crippen molar-refractivity contribution in [3.8, 4) is 0 Å². The molecule has 144 valence electrons. The number of aromatic nitrogens is 1. The van der Waals surface area contributed by atoms with Gasteiger partial charge in [0, 0.05) is 30.0 Å². The van der Waals surface area contributed by atoms with Crippen LogP contribution in [0, 0.1) is 19.8 Å². The van der Waals surface area contributed by atoms with Crippen LogP contribution in [-0.4, -0.2) is 17.4 Å². The Morgan fingerprint density at radius 3 is 2.70 bits per heavy atom. The summed E-state index contributed by atoms with van der Waals surface area (Å²) in [5.41, 5.74) is 3.62. The van der Waals surface area contributed by atoms with Crippen molar-refractivity contribution in [1.29, 1.82) is 0 Å². The molecule has 0 saturated heterocycles. The van der Waals surface area contributed by atoms with Crippen LogP contribution in [0.3, 0.4) is 0 Å². The van der Waals surface area contributed by atoms with Crippen LogP contribution in [0.25, 0.3) is 0 Å². The normalized spacial score (nSPS) is 14.3. The Kier molecular flexibility index (Phi) is 6.37. The number of carbonyl (C=O) groups excluding carboxylic acids is 1. The highest BCUT2D eigenvalue weighted by atomic mass is 79.9. The largest absolute Gasteiger partial charge is 0.384 e. The third kappa shape index (κ3) is 4.80. The molecular formula is C21H26BrN3O2. The number of rotatable bonds is 6. The van der Waals surface area contributed by atoms with Crippen LogP contribution in [0.1, 0.15) is 52.9 Å². The zero-order valence-electron chi connectivity index (χ0n) is 15.8. The molecule has 0 atom stereocenters. The Bertz CT molecular complexity index is 885. The average Bonchev–Trinajstić information content (AvgIpc) is 3.13. The number of anilines is 1. The van der Waals surface area contributed by atoms with Crippen LogP contribution in [0.15, 0.2) is 33.5 Å². The first-order chi connectivity index (χ1) is 13.0. The fourth-order valence-electron chi connectivity index (χ4n) is 3.68. The summed E-state index contributed by atoms with van der Waals surface area (Å²) in [6.45, 7) is 4.86. The van der Waals surface area contributed by atoms with Gasteiger partial charge in [-0.25, -0.2) is 0 Å². The van der Waals surface area contributed by atoms with Gasteiger partial charge in [-0.2, -0.15) is 0 Å². The molecule has 6 heteroatoms. The molecule has 27 heavy (non-hydrogen) atoms. The number of halogens is 1. The Labute approximate surface area is 168 Å². The fourth-order valence-corrected chi connectivity index (χ4v) is 4.26. The molecular weight excluding hydrogens is 406 g/mol. The van der Waals surface area contributed by atoms with Crippen molar-refractivity contribution < 1.29 is 4.79 Å². The molecule has 5 nitrogen and oxygen atoms in total. The molecule has 1 aromatic heterocycles. The summed E-state index contributed by atoms with van der Waals surface area (Å²) in [6, 6.07) is 7.55. The van der Waals surface area contributed by atoms with Gasteiger partial charge >= 0.3 is 0 Å². The second-order valence-corrected chi connectivity index (χ2v) is 8.12. The van der Waals surface area contributed by atoms with E-state index in [0.29, 0.717) is 17.0 Å². The molecule has 3 N–H and O–H groups in total. The quantitative estimate of drug-likeness (QED) is 0.638. The highest BCUT2D eigenvalue weighted by molar-refractivity contribution is 9.10. The second-order valence-electron chi connectivity index (χ2n) is 7.32. The van der Waals surface area contributed by atoms with E-state index >= 15 is 0 Å². The van der Waals surface area contributed by atoms with Gasteiger partial charge in [0.2, 0.25) is 0 Å². The van der Waals surface area contributed by atoms with Gasteiger partial charge < -0.3 is 15.6 Å². The van der Waals surface area contributed by atoms with Crippen molar-refractivity contribution in [3.63, 3.8) is 0 Å². The average molecular weight is 432 g/mol. The van der Waals surface area contributed by atoms with E-state index < -0.39 is 0 Å². The zero-order valence-corrected chi connectivity index (χ0v) is 17.4. The summed E-state index contributed by atoms with van der Waals surface area (Å²) < 4.78 is 0.759. The van der Waals surface area contributed by atoms with E-state index in [0.717, 1.165) is 28.0 Å². The predicted molar refractivity (Wildman–Crippen MR) is 112 cm³/mol. The van der Waals surface area contributed by atoms with Gasteiger partial charge in [0.05, 0.1) is 10.0 Å². The maximum absolute atomic E-state index is 12.7. The first-order valence-corrected chi connectivity index (χ1v) is 10.2. The van der Waals surface area contributed by atoms with Crippen molar-refractivity contribution in [2.75, 3.05) is 11.9 Å². The SMILES string of the molecule is Cc1cc(C)c(CNC(=O)c2cccc(NCC3CCCC3)c2Br)c(=O)[nH]1. The zero-order chi connectivity index (χ0) is 19.4. The molecule has 1 aliphatic carbocycles. The summed E-state index contributed by atoms with van der Waals surface area (Å²) in [7, 11) is 0. The topological polar surface area (TPSA) is 74.0 Å². The molecule has 0 unspecified atom stereocenters. The van der Waals surface area contributed by atoms with Crippen LogP contribution in [0.5, 0.6) is 0 Å². The summed E-state index contributed by atoms with van der Waals surface area (Å²) >= 11 is 3.56. The molecule has 0 radical (unpaired) electrons. The first kappa shape index (κ1) is 19.7. The Morgan fingerprint density at radius 1 is 1.26 bits per heavy atom. The third-order valence-electron chi connectivity index (χ3n) is 5.22. The predicted octanol–water partition coefficient (Wildman–Crippen LogP) is 4.29. The van der Waals surface area contributed by atoms with E-state index in [1.54, 1.807) is 6.07 Å². The van der Waals surface area contributed by atoms with Gasteiger partial charge in [0.25, 0.3) is 11.5 Å². The van der Waals surface area contributed by atoms with Crippen LogP contribution in [-0.2, 0) is 6.54 Å². The lowest BCUT2D eigenvalue weighted by molar-refractivity contribution is 0.0950. The number of benzene rings is 1. The summed E-state index contributed by atoms with van der Waals surface area (Å²) in [4.78, 5) is 27.6. The maximum atomic E-state index is 12.7. The highest BCUT2D eigenvalue weighted by Crippen LogP contribution is 2.29. The second kappa shape index (κ2) is 8.74. The van der Waals surface area contributed by atoms with Gasteiger partial charge in [-0.05, 0) is 72.3 Å². The number of aryl methyl sites for hydroxylation is 2. The summed E-state index contributed by atoms with van der Waals surface area (Å²) in [6.07, 6.45) is 5.17.